The van der Waals surface area contributed by atoms with Gasteiger partial charge in [-0.15, -0.1) is 0 Å². The molecule has 0 radical (unpaired) electrons. The van der Waals surface area contributed by atoms with Crippen LogP contribution < -0.4 is 0 Å². The molecule has 6 heteroatoms. The number of nitrogens with zero attached hydrogens (tertiary/aromatic N) is 4. The van der Waals surface area contributed by atoms with Crippen LogP contribution in [-0.2, 0) is 0 Å². The lowest BCUT2D eigenvalue weighted by Gasteiger charge is -2.13. The first kappa shape index (κ1) is 14.5. The number of azo groups is 1. The Hall–Kier alpha value is -1.50. The SMILES string of the molecule is CCC(N=NC(CC)C(O)C#N)C(O)C#N. The van der Waals surface area contributed by atoms with Crippen molar-refractivity contribution >= 4 is 0 Å². The monoisotopic (exact) mass is 224 g/mol. The molecule has 0 saturated carbocycles. The average Bonchev–Trinajstić information content (AvgIpc) is 2.33. The quantitative estimate of drug-likeness (QED) is 0.512. The van der Waals surface area contributed by atoms with Crippen molar-refractivity contribution in [2.45, 2.75) is 51.0 Å². The largest absolute Gasteiger partial charge is 0.376 e. The van der Waals surface area contributed by atoms with Gasteiger partial charge >= 0.3 is 0 Å². The molecule has 6 nitrogen and oxygen atoms in total. The van der Waals surface area contributed by atoms with Gasteiger partial charge in [-0.05, 0) is 12.8 Å². The molecule has 0 aromatic heterocycles. The Morgan fingerprint density at radius 1 is 0.938 bits per heavy atom. The average molecular weight is 224 g/mol. The first-order chi connectivity index (χ1) is 7.60. The smallest absolute Gasteiger partial charge is 0.164 e. The molecule has 0 aliphatic carbocycles. The summed E-state index contributed by atoms with van der Waals surface area (Å²) in [5.41, 5.74) is 0. The number of hydrogen-bond acceptors (Lipinski definition) is 6. The third kappa shape index (κ3) is 4.35. The lowest BCUT2D eigenvalue weighted by Crippen LogP contribution is -2.24. The fourth-order valence-electron chi connectivity index (χ4n) is 1.08. The second kappa shape index (κ2) is 7.75. The number of aliphatic hydroxyl groups excluding tert-OH is 2. The Morgan fingerprint density at radius 3 is 1.44 bits per heavy atom. The summed E-state index contributed by atoms with van der Waals surface area (Å²) in [4.78, 5) is 0. The standard InChI is InChI=1S/C10H16N4O2/c1-3-7(9(15)5-11)13-14-8(4-2)10(16)6-12/h7-10,15-16H,3-4H2,1-2H3. The van der Waals surface area contributed by atoms with Crippen LogP contribution in [0.15, 0.2) is 10.2 Å². The highest BCUT2D eigenvalue weighted by Crippen LogP contribution is 2.09. The van der Waals surface area contributed by atoms with Gasteiger partial charge in [-0.3, -0.25) is 0 Å². The predicted molar refractivity (Wildman–Crippen MR) is 56.3 cm³/mol. The summed E-state index contributed by atoms with van der Waals surface area (Å²) in [6.45, 7) is 3.54. The van der Waals surface area contributed by atoms with Crippen molar-refractivity contribution in [3.05, 3.63) is 0 Å². The second-order valence-electron chi connectivity index (χ2n) is 3.33. The Labute approximate surface area is 94.8 Å². The van der Waals surface area contributed by atoms with E-state index in [0.29, 0.717) is 12.8 Å². The van der Waals surface area contributed by atoms with Crippen LogP contribution in [-0.4, -0.2) is 34.5 Å². The minimum Gasteiger partial charge on any atom is -0.376 e. The summed E-state index contributed by atoms with van der Waals surface area (Å²) < 4.78 is 0. The van der Waals surface area contributed by atoms with Crippen molar-refractivity contribution in [1.82, 2.24) is 0 Å². The summed E-state index contributed by atoms with van der Waals surface area (Å²) >= 11 is 0. The summed E-state index contributed by atoms with van der Waals surface area (Å²) in [5, 5.41) is 43.1. The molecule has 0 spiro atoms. The highest BCUT2D eigenvalue weighted by Gasteiger charge is 2.19. The van der Waals surface area contributed by atoms with Gasteiger partial charge < -0.3 is 10.2 Å². The molecule has 88 valence electrons. The van der Waals surface area contributed by atoms with Gasteiger partial charge in [-0.2, -0.15) is 20.8 Å². The van der Waals surface area contributed by atoms with E-state index in [0.717, 1.165) is 0 Å². The molecule has 0 amide bonds. The van der Waals surface area contributed by atoms with Crippen molar-refractivity contribution in [1.29, 1.82) is 10.5 Å². The lowest BCUT2D eigenvalue weighted by molar-refractivity contribution is 0.177. The fourth-order valence-corrected chi connectivity index (χ4v) is 1.08. The molecular formula is C10H16N4O2. The molecule has 4 atom stereocenters. The molecule has 0 bridgehead atoms. The Morgan fingerprint density at radius 2 is 1.25 bits per heavy atom. The maximum absolute atomic E-state index is 9.26. The van der Waals surface area contributed by atoms with E-state index in [1.165, 1.54) is 0 Å². The maximum Gasteiger partial charge on any atom is 0.164 e. The predicted octanol–water partition coefficient (Wildman–Crippen LogP) is 0.765. The van der Waals surface area contributed by atoms with E-state index < -0.39 is 24.3 Å². The highest BCUT2D eigenvalue weighted by molar-refractivity contribution is 4.93. The van der Waals surface area contributed by atoms with Crippen molar-refractivity contribution in [2.75, 3.05) is 0 Å². The van der Waals surface area contributed by atoms with E-state index in [1.54, 1.807) is 26.0 Å². The van der Waals surface area contributed by atoms with Crippen molar-refractivity contribution in [3.8, 4) is 12.1 Å². The molecule has 0 aromatic carbocycles. The van der Waals surface area contributed by atoms with Crippen molar-refractivity contribution in [2.24, 2.45) is 10.2 Å². The number of aliphatic hydroxyl groups is 2. The summed E-state index contributed by atoms with van der Waals surface area (Å²) in [7, 11) is 0. The van der Waals surface area contributed by atoms with Crippen LogP contribution in [0.2, 0.25) is 0 Å². The van der Waals surface area contributed by atoms with Gasteiger partial charge in [0.15, 0.2) is 12.2 Å². The van der Waals surface area contributed by atoms with E-state index in [-0.39, 0.29) is 0 Å². The van der Waals surface area contributed by atoms with Crippen LogP contribution in [0.3, 0.4) is 0 Å². The van der Waals surface area contributed by atoms with Gasteiger partial charge in [0.05, 0.1) is 12.1 Å². The van der Waals surface area contributed by atoms with E-state index in [2.05, 4.69) is 10.2 Å². The van der Waals surface area contributed by atoms with Crippen LogP contribution in [0.5, 0.6) is 0 Å². The van der Waals surface area contributed by atoms with Gasteiger partial charge in [0, 0.05) is 0 Å². The fraction of sp³-hybridized carbons (Fsp3) is 0.800. The molecule has 0 fully saturated rings. The van der Waals surface area contributed by atoms with E-state index in [9.17, 15) is 10.2 Å². The molecule has 0 aliphatic heterocycles. The molecule has 4 unspecified atom stereocenters. The van der Waals surface area contributed by atoms with Crippen LogP contribution >= 0.6 is 0 Å². The topological polar surface area (TPSA) is 113 Å². The minimum absolute atomic E-state index is 0.470. The maximum atomic E-state index is 9.26. The zero-order valence-electron chi connectivity index (χ0n) is 9.41. The van der Waals surface area contributed by atoms with Crippen LogP contribution in [0.4, 0.5) is 0 Å². The Bertz CT molecular complexity index is 275. The first-order valence-electron chi connectivity index (χ1n) is 5.15. The van der Waals surface area contributed by atoms with Gasteiger partial charge in [0.1, 0.15) is 12.1 Å². The van der Waals surface area contributed by atoms with E-state index in [4.69, 9.17) is 10.5 Å². The van der Waals surface area contributed by atoms with Crippen LogP contribution in [0, 0.1) is 22.7 Å². The van der Waals surface area contributed by atoms with Gasteiger partial charge in [0.25, 0.3) is 0 Å². The molecule has 0 rings (SSSR count). The summed E-state index contributed by atoms with van der Waals surface area (Å²) in [5.74, 6) is 0. The molecule has 0 saturated heterocycles. The zero-order chi connectivity index (χ0) is 12.6. The van der Waals surface area contributed by atoms with Gasteiger partial charge in [0.2, 0.25) is 0 Å². The van der Waals surface area contributed by atoms with E-state index in [1.807, 2.05) is 0 Å². The summed E-state index contributed by atoms with van der Waals surface area (Å²) in [6, 6.07) is 2.14. The Kier molecular flexibility index (Phi) is 7.02. The molecular weight excluding hydrogens is 208 g/mol. The number of hydrogen-bond donors (Lipinski definition) is 2. The normalized spacial score (nSPS) is 18.4. The number of rotatable bonds is 6. The van der Waals surface area contributed by atoms with Crippen molar-refractivity contribution < 1.29 is 10.2 Å². The summed E-state index contributed by atoms with van der Waals surface area (Å²) in [6.07, 6.45) is -1.47. The molecule has 0 heterocycles. The number of nitriles is 2. The van der Waals surface area contributed by atoms with Crippen LogP contribution in [0.25, 0.3) is 0 Å². The minimum atomic E-state index is -1.20. The van der Waals surface area contributed by atoms with Gasteiger partial charge in [-0.25, -0.2) is 0 Å². The van der Waals surface area contributed by atoms with Crippen LogP contribution in [0.1, 0.15) is 26.7 Å². The molecule has 0 aliphatic rings. The molecule has 16 heavy (non-hydrogen) atoms. The molecule has 2 N–H and O–H groups in total. The lowest BCUT2D eigenvalue weighted by atomic mass is 10.1. The zero-order valence-corrected chi connectivity index (χ0v) is 9.41. The van der Waals surface area contributed by atoms with E-state index >= 15 is 0 Å². The highest BCUT2D eigenvalue weighted by atomic mass is 16.3. The van der Waals surface area contributed by atoms with Crippen molar-refractivity contribution in [3.63, 3.8) is 0 Å². The van der Waals surface area contributed by atoms with Gasteiger partial charge in [-0.1, -0.05) is 13.8 Å². The third-order valence-corrected chi connectivity index (χ3v) is 2.19. The second-order valence-corrected chi connectivity index (χ2v) is 3.33. The third-order valence-electron chi connectivity index (χ3n) is 2.19. The molecule has 0 aromatic rings. The Balaban J connectivity index is 4.55. The first-order valence-corrected chi connectivity index (χ1v) is 5.15.